The molecule has 0 radical (unpaired) electrons. The van der Waals surface area contributed by atoms with Crippen molar-refractivity contribution in [3.63, 3.8) is 0 Å². The van der Waals surface area contributed by atoms with Crippen molar-refractivity contribution in [3.05, 3.63) is 84.2 Å². The second-order valence-corrected chi connectivity index (χ2v) is 6.91. The van der Waals surface area contributed by atoms with Gasteiger partial charge in [0.1, 0.15) is 0 Å². The van der Waals surface area contributed by atoms with E-state index >= 15 is 0 Å². The van der Waals surface area contributed by atoms with E-state index in [9.17, 15) is 4.79 Å². The van der Waals surface area contributed by atoms with Crippen LogP contribution in [0.15, 0.2) is 73.1 Å². The van der Waals surface area contributed by atoms with Gasteiger partial charge in [-0.25, -0.2) is 4.79 Å². The third kappa shape index (κ3) is 4.40. The smallest absolute Gasteiger partial charge is 0.320 e. The van der Waals surface area contributed by atoms with Crippen molar-refractivity contribution in [3.8, 4) is 0 Å². The van der Waals surface area contributed by atoms with Gasteiger partial charge in [0.25, 0.3) is 0 Å². The molecule has 2 aromatic carbocycles. The average molecular weight is 376 g/mol. The number of nitrogens with zero attached hydrogens (tertiary/aromatic N) is 2. The van der Waals surface area contributed by atoms with Gasteiger partial charge in [0, 0.05) is 19.4 Å². The van der Waals surface area contributed by atoms with Gasteiger partial charge in [0.05, 0.1) is 24.0 Å². The third-order valence-corrected chi connectivity index (χ3v) is 4.97. The number of nitrogens with one attached hydrogen (secondary N) is 2. The Bertz CT molecular complexity index is 850. The van der Waals surface area contributed by atoms with Gasteiger partial charge < -0.3 is 15.4 Å². The predicted octanol–water partition coefficient (Wildman–Crippen LogP) is 4.15. The maximum atomic E-state index is 12.7. The molecular weight excluding hydrogens is 352 g/mol. The summed E-state index contributed by atoms with van der Waals surface area (Å²) in [6.45, 7) is 1.51. The third-order valence-electron chi connectivity index (χ3n) is 4.97. The average Bonchev–Trinajstić information content (AvgIpc) is 3.22. The molecule has 0 saturated carbocycles. The van der Waals surface area contributed by atoms with Crippen LogP contribution in [0.1, 0.15) is 36.1 Å². The van der Waals surface area contributed by atoms with Gasteiger partial charge in [-0.3, -0.25) is 4.68 Å². The summed E-state index contributed by atoms with van der Waals surface area (Å²) >= 11 is 0. The molecule has 3 aromatic rings. The van der Waals surface area contributed by atoms with Gasteiger partial charge in [-0.1, -0.05) is 60.7 Å². The maximum absolute atomic E-state index is 12.7. The molecule has 1 fully saturated rings. The molecule has 0 aliphatic carbocycles. The summed E-state index contributed by atoms with van der Waals surface area (Å²) in [5, 5.41) is 10.4. The maximum Gasteiger partial charge on any atom is 0.320 e. The van der Waals surface area contributed by atoms with Crippen molar-refractivity contribution in [1.29, 1.82) is 0 Å². The first-order valence-corrected chi connectivity index (χ1v) is 9.59. The van der Waals surface area contributed by atoms with E-state index in [1.54, 1.807) is 6.20 Å². The van der Waals surface area contributed by atoms with E-state index in [-0.39, 0.29) is 12.1 Å². The number of aromatic nitrogens is 2. The molecule has 6 nitrogen and oxygen atoms in total. The molecule has 0 atom stereocenters. The summed E-state index contributed by atoms with van der Waals surface area (Å²) in [6.07, 6.45) is 5.46. The zero-order valence-electron chi connectivity index (χ0n) is 15.6. The van der Waals surface area contributed by atoms with Crippen LogP contribution in [0.4, 0.5) is 10.5 Å². The molecule has 1 aromatic heterocycles. The van der Waals surface area contributed by atoms with E-state index in [2.05, 4.69) is 15.7 Å². The number of benzene rings is 2. The minimum absolute atomic E-state index is 0.229. The Labute approximate surface area is 164 Å². The highest BCUT2D eigenvalue weighted by Crippen LogP contribution is 2.23. The fourth-order valence-electron chi connectivity index (χ4n) is 3.50. The highest BCUT2D eigenvalue weighted by molar-refractivity contribution is 5.89. The van der Waals surface area contributed by atoms with Gasteiger partial charge >= 0.3 is 6.03 Å². The van der Waals surface area contributed by atoms with E-state index in [1.165, 1.54) is 0 Å². The minimum atomic E-state index is -0.260. The minimum Gasteiger partial charge on any atom is -0.381 e. The number of amides is 2. The molecule has 1 aliphatic heterocycles. The molecule has 1 saturated heterocycles. The summed E-state index contributed by atoms with van der Waals surface area (Å²) < 4.78 is 7.32. The first-order chi connectivity index (χ1) is 13.8. The summed E-state index contributed by atoms with van der Waals surface area (Å²) in [5.74, 6) is 0. The van der Waals surface area contributed by atoms with E-state index in [1.807, 2.05) is 71.5 Å². The van der Waals surface area contributed by atoms with Crippen LogP contribution in [0.25, 0.3) is 0 Å². The first-order valence-electron chi connectivity index (χ1n) is 9.59. The number of hydrogen-bond acceptors (Lipinski definition) is 3. The van der Waals surface area contributed by atoms with Gasteiger partial charge in [-0.2, -0.15) is 5.10 Å². The van der Waals surface area contributed by atoms with E-state index in [0.29, 0.717) is 11.7 Å². The summed E-state index contributed by atoms with van der Waals surface area (Å²) in [4.78, 5) is 12.7. The molecule has 144 valence electrons. The zero-order valence-corrected chi connectivity index (χ0v) is 15.6. The van der Waals surface area contributed by atoms with Gasteiger partial charge in [0.15, 0.2) is 0 Å². The molecular formula is C22H24N4O2. The Kier molecular flexibility index (Phi) is 5.68. The van der Waals surface area contributed by atoms with Crippen LogP contribution >= 0.6 is 0 Å². The number of urea groups is 1. The normalized spacial score (nSPS) is 14.8. The Morgan fingerprint density at radius 3 is 2.21 bits per heavy atom. The summed E-state index contributed by atoms with van der Waals surface area (Å²) in [6, 6.07) is 19.7. The number of carbonyl (C=O) groups is 1. The molecule has 28 heavy (non-hydrogen) atoms. The zero-order chi connectivity index (χ0) is 19.2. The predicted molar refractivity (Wildman–Crippen MR) is 108 cm³/mol. The highest BCUT2D eigenvalue weighted by Gasteiger charge is 2.19. The highest BCUT2D eigenvalue weighted by atomic mass is 16.5. The first kappa shape index (κ1) is 18.3. The molecule has 1 aliphatic rings. The standard InChI is InChI=1S/C22H24N4O2/c27-22(24-19-15-23-26(16-19)20-11-13-28-14-12-20)25-21(17-7-3-1-4-8-17)18-9-5-2-6-10-18/h1-10,15-16,20-21H,11-14H2,(H2,24,25,27). The van der Waals surface area contributed by atoms with Crippen LogP contribution in [0.5, 0.6) is 0 Å². The van der Waals surface area contributed by atoms with Crippen LogP contribution in [0.2, 0.25) is 0 Å². The van der Waals surface area contributed by atoms with Crippen molar-refractivity contribution < 1.29 is 9.53 Å². The van der Waals surface area contributed by atoms with Gasteiger partial charge in [0.2, 0.25) is 0 Å². The van der Waals surface area contributed by atoms with Crippen molar-refractivity contribution in [1.82, 2.24) is 15.1 Å². The Hall–Kier alpha value is -3.12. The molecule has 0 spiro atoms. The number of rotatable bonds is 5. The summed E-state index contributed by atoms with van der Waals surface area (Å²) in [7, 11) is 0. The van der Waals surface area contributed by atoms with Crippen LogP contribution in [0, 0.1) is 0 Å². The van der Waals surface area contributed by atoms with E-state index in [0.717, 1.165) is 37.2 Å². The number of anilines is 1. The van der Waals surface area contributed by atoms with E-state index in [4.69, 9.17) is 4.74 Å². The van der Waals surface area contributed by atoms with E-state index < -0.39 is 0 Å². The largest absolute Gasteiger partial charge is 0.381 e. The fraction of sp³-hybridized carbons (Fsp3) is 0.273. The van der Waals surface area contributed by atoms with Crippen LogP contribution in [0.3, 0.4) is 0 Å². The Balaban J connectivity index is 1.45. The molecule has 2 heterocycles. The second kappa shape index (κ2) is 8.71. The van der Waals surface area contributed by atoms with Crippen molar-refractivity contribution in [2.45, 2.75) is 24.9 Å². The monoisotopic (exact) mass is 376 g/mol. The molecule has 2 N–H and O–H groups in total. The van der Waals surface area contributed by atoms with Gasteiger partial charge in [-0.15, -0.1) is 0 Å². The Morgan fingerprint density at radius 2 is 1.61 bits per heavy atom. The molecule has 4 rings (SSSR count). The summed E-state index contributed by atoms with van der Waals surface area (Å²) in [5.41, 5.74) is 2.74. The van der Waals surface area contributed by atoms with Crippen LogP contribution in [-0.4, -0.2) is 29.0 Å². The number of carbonyl (C=O) groups excluding carboxylic acids is 1. The molecule has 2 amide bonds. The Morgan fingerprint density at radius 1 is 1.00 bits per heavy atom. The topological polar surface area (TPSA) is 68.2 Å². The van der Waals surface area contributed by atoms with Crippen molar-refractivity contribution in [2.24, 2.45) is 0 Å². The lowest BCUT2D eigenvalue weighted by Gasteiger charge is -2.22. The quantitative estimate of drug-likeness (QED) is 0.703. The van der Waals surface area contributed by atoms with Crippen LogP contribution in [-0.2, 0) is 4.74 Å². The van der Waals surface area contributed by atoms with Crippen LogP contribution < -0.4 is 10.6 Å². The molecule has 0 unspecified atom stereocenters. The number of ether oxygens (including phenoxy) is 1. The SMILES string of the molecule is O=C(Nc1cnn(C2CCOCC2)c1)NC(c1ccccc1)c1ccccc1. The van der Waals surface area contributed by atoms with Gasteiger partial charge in [-0.05, 0) is 24.0 Å². The molecule has 6 heteroatoms. The van der Waals surface area contributed by atoms with Crippen molar-refractivity contribution in [2.75, 3.05) is 18.5 Å². The lowest BCUT2D eigenvalue weighted by Crippen LogP contribution is -2.33. The van der Waals surface area contributed by atoms with Crippen molar-refractivity contribution >= 4 is 11.7 Å². The lowest BCUT2D eigenvalue weighted by molar-refractivity contribution is 0.0662. The lowest BCUT2D eigenvalue weighted by atomic mass is 9.99. The number of hydrogen-bond donors (Lipinski definition) is 2. The fourth-order valence-corrected chi connectivity index (χ4v) is 3.50. The second-order valence-electron chi connectivity index (χ2n) is 6.91. The molecule has 0 bridgehead atoms.